The molecule has 0 spiro atoms. The fraction of sp³-hybridized carbons (Fsp3) is 0.364. The van der Waals surface area contributed by atoms with Crippen molar-refractivity contribution in [1.82, 2.24) is 19.8 Å². The highest BCUT2D eigenvalue weighted by Crippen LogP contribution is 2.22. The molecule has 0 fully saturated rings. The van der Waals surface area contributed by atoms with Gasteiger partial charge in [0.25, 0.3) is 0 Å². The van der Waals surface area contributed by atoms with E-state index in [4.69, 9.17) is 4.52 Å². The predicted octanol–water partition coefficient (Wildman–Crippen LogP) is 1.18. The van der Waals surface area contributed by atoms with Crippen LogP contribution in [-0.2, 0) is 16.4 Å². The Morgan fingerprint density at radius 1 is 1.38 bits per heavy atom. The molecule has 2 rings (SSSR count). The first-order valence-corrected chi connectivity index (χ1v) is 8.45. The second kappa shape index (κ2) is 6.96. The van der Waals surface area contributed by atoms with Gasteiger partial charge in [0.2, 0.25) is 15.9 Å². The Morgan fingerprint density at radius 2 is 2.19 bits per heavy atom. The smallest absolute Gasteiger partial charge is 0.244 e. The van der Waals surface area contributed by atoms with Crippen LogP contribution in [0.1, 0.15) is 12.8 Å². The minimum Gasteiger partial charge on any atom is -0.369 e. The number of aromatic nitrogens is 3. The van der Waals surface area contributed by atoms with Crippen molar-refractivity contribution in [2.75, 3.05) is 18.4 Å². The molecule has 0 saturated carbocycles. The summed E-state index contributed by atoms with van der Waals surface area (Å²) in [6.07, 6.45) is 3.12. The maximum absolute atomic E-state index is 12.3. The lowest BCUT2D eigenvalue weighted by atomic mass is 10.4. The summed E-state index contributed by atoms with van der Waals surface area (Å²) >= 11 is 3.22. The third-order valence-corrected chi connectivity index (χ3v) is 4.40. The first kappa shape index (κ1) is 15.9. The van der Waals surface area contributed by atoms with Crippen molar-refractivity contribution in [3.8, 4) is 0 Å². The standard InChI is InChI=1S/C11H14BrN5O3S/c1-2-13-11-9(5-8(12)6-14-11)21(18,19)17-4-3-10-15-7-16-20-10/h5-7,17H,2-4H2,1H3,(H,13,14). The largest absolute Gasteiger partial charge is 0.369 e. The molecule has 10 heteroatoms. The van der Waals surface area contributed by atoms with Gasteiger partial charge in [-0.25, -0.2) is 18.1 Å². The van der Waals surface area contributed by atoms with Crippen LogP contribution in [0.4, 0.5) is 5.82 Å². The highest BCUT2D eigenvalue weighted by Gasteiger charge is 2.20. The van der Waals surface area contributed by atoms with Crippen LogP contribution in [0.5, 0.6) is 0 Å². The van der Waals surface area contributed by atoms with Gasteiger partial charge in [-0.15, -0.1) is 0 Å². The molecule has 2 heterocycles. The number of nitrogens with one attached hydrogen (secondary N) is 2. The zero-order chi connectivity index (χ0) is 15.3. The molecule has 8 nitrogen and oxygen atoms in total. The Labute approximate surface area is 130 Å². The summed E-state index contributed by atoms with van der Waals surface area (Å²) in [5.74, 6) is 0.683. The van der Waals surface area contributed by atoms with Crippen LogP contribution < -0.4 is 10.0 Å². The van der Waals surface area contributed by atoms with E-state index in [1.807, 2.05) is 6.92 Å². The third-order valence-electron chi connectivity index (χ3n) is 2.49. The number of sulfonamides is 1. The highest BCUT2D eigenvalue weighted by molar-refractivity contribution is 9.10. The maximum Gasteiger partial charge on any atom is 0.244 e. The lowest BCUT2D eigenvalue weighted by Crippen LogP contribution is -2.27. The lowest BCUT2D eigenvalue weighted by molar-refractivity contribution is 0.377. The monoisotopic (exact) mass is 375 g/mol. The number of halogens is 1. The Hall–Kier alpha value is -1.52. The zero-order valence-corrected chi connectivity index (χ0v) is 13.6. The first-order valence-electron chi connectivity index (χ1n) is 6.17. The quantitative estimate of drug-likeness (QED) is 0.747. The lowest BCUT2D eigenvalue weighted by Gasteiger charge is -2.11. The molecule has 114 valence electrons. The van der Waals surface area contributed by atoms with E-state index >= 15 is 0 Å². The second-order valence-corrected chi connectivity index (χ2v) is 6.66. The Kier molecular flexibility index (Phi) is 5.26. The third kappa shape index (κ3) is 4.22. The number of anilines is 1. The molecule has 0 atom stereocenters. The Balaban J connectivity index is 2.12. The highest BCUT2D eigenvalue weighted by atomic mass is 79.9. The summed E-state index contributed by atoms with van der Waals surface area (Å²) in [5.41, 5.74) is 0. The maximum atomic E-state index is 12.3. The van der Waals surface area contributed by atoms with Crippen molar-refractivity contribution < 1.29 is 12.9 Å². The molecular formula is C11H14BrN5O3S. The summed E-state index contributed by atoms with van der Waals surface area (Å²) < 4.78 is 32.5. The van der Waals surface area contributed by atoms with Crippen LogP contribution >= 0.6 is 15.9 Å². The molecule has 0 aliphatic carbocycles. The topological polar surface area (TPSA) is 110 Å². The molecular weight excluding hydrogens is 362 g/mol. The van der Waals surface area contributed by atoms with Gasteiger partial charge in [0.15, 0.2) is 6.33 Å². The van der Waals surface area contributed by atoms with Crippen LogP contribution in [0.15, 0.2) is 32.5 Å². The molecule has 0 aliphatic rings. The van der Waals surface area contributed by atoms with Gasteiger partial charge >= 0.3 is 0 Å². The fourth-order valence-electron chi connectivity index (χ4n) is 1.60. The normalized spacial score (nSPS) is 11.5. The molecule has 0 aromatic carbocycles. The molecule has 0 saturated heterocycles. The van der Waals surface area contributed by atoms with E-state index in [9.17, 15) is 8.42 Å². The minimum atomic E-state index is -3.68. The predicted molar refractivity (Wildman–Crippen MR) is 79.3 cm³/mol. The van der Waals surface area contributed by atoms with Crippen LogP contribution in [0.25, 0.3) is 0 Å². The van der Waals surface area contributed by atoms with E-state index in [2.05, 4.69) is 41.1 Å². The number of hydrogen-bond donors (Lipinski definition) is 2. The molecule has 0 unspecified atom stereocenters. The molecule has 21 heavy (non-hydrogen) atoms. The molecule has 2 aromatic rings. The molecule has 0 bridgehead atoms. The number of hydrogen-bond acceptors (Lipinski definition) is 7. The van der Waals surface area contributed by atoms with E-state index in [0.717, 1.165) is 0 Å². The van der Waals surface area contributed by atoms with E-state index in [1.54, 1.807) is 0 Å². The molecule has 0 amide bonds. The van der Waals surface area contributed by atoms with Gasteiger partial charge in [-0.3, -0.25) is 0 Å². The van der Waals surface area contributed by atoms with Crippen molar-refractivity contribution in [3.05, 3.63) is 29.0 Å². The van der Waals surface area contributed by atoms with E-state index in [1.165, 1.54) is 18.6 Å². The molecule has 2 aromatic heterocycles. The van der Waals surface area contributed by atoms with E-state index < -0.39 is 10.0 Å². The van der Waals surface area contributed by atoms with Crippen molar-refractivity contribution >= 4 is 31.8 Å². The van der Waals surface area contributed by atoms with Crippen molar-refractivity contribution in [2.24, 2.45) is 0 Å². The average molecular weight is 376 g/mol. The van der Waals surface area contributed by atoms with Gasteiger partial charge in [0.1, 0.15) is 10.7 Å². The van der Waals surface area contributed by atoms with Crippen LogP contribution in [-0.4, -0.2) is 36.6 Å². The number of pyridine rings is 1. The second-order valence-electron chi connectivity index (χ2n) is 4.01. The van der Waals surface area contributed by atoms with Gasteiger partial charge in [-0.05, 0) is 28.9 Å². The summed E-state index contributed by atoms with van der Waals surface area (Å²) in [4.78, 5) is 7.99. The van der Waals surface area contributed by atoms with E-state index in [-0.39, 0.29) is 11.4 Å². The van der Waals surface area contributed by atoms with Gasteiger partial charge < -0.3 is 9.84 Å². The number of nitrogens with zero attached hydrogens (tertiary/aromatic N) is 3. The van der Waals surface area contributed by atoms with Crippen LogP contribution in [0, 0.1) is 0 Å². The Morgan fingerprint density at radius 3 is 2.86 bits per heavy atom. The van der Waals surface area contributed by atoms with Crippen LogP contribution in [0.2, 0.25) is 0 Å². The van der Waals surface area contributed by atoms with Gasteiger partial charge in [-0.1, -0.05) is 5.16 Å². The van der Waals surface area contributed by atoms with Crippen molar-refractivity contribution in [2.45, 2.75) is 18.2 Å². The van der Waals surface area contributed by atoms with Gasteiger partial charge in [0, 0.05) is 30.2 Å². The fourth-order valence-corrected chi connectivity index (χ4v) is 3.27. The SMILES string of the molecule is CCNc1ncc(Br)cc1S(=O)(=O)NCCc1ncno1. The first-order chi connectivity index (χ1) is 10.0. The average Bonchev–Trinajstić information content (AvgIpc) is 2.94. The molecule has 0 radical (unpaired) electrons. The summed E-state index contributed by atoms with van der Waals surface area (Å²) in [6.45, 7) is 2.59. The summed E-state index contributed by atoms with van der Waals surface area (Å²) in [6, 6.07) is 1.50. The van der Waals surface area contributed by atoms with Gasteiger partial charge in [-0.2, -0.15) is 4.98 Å². The van der Waals surface area contributed by atoms with E-state index in [0.29, 0.717) is 29.1 Å². The molecule has 2 N–H and O–H groups in total. The number of rotatable bonds is 7. The van der Waals surface area contributed by atoms with Crippen molar-refractivity contribution in [3.63, 3.8) is 0 Å². The van der Waals surface area contributed by atoms with Crippen LogP contribution in [0.3, 0.4) is 0 Å². The van der Waals surface area contributed by atoms with Gasteiger partial charge in [0.05, 0.1) is 0 Å². The minimum absolute atomic E-state index is 0.0873. The Bertz CT molecular complexity index is 690. The molecule has 0 aliphatic heterocycles. The van der Waals surface area contributed by atoms with Crippen molar-refractivity contribution in [1.29, 1.82) is 0 Å². The summed E-state index contributed by atoms with van der Waals surface area (Å²) in [5, 5.41) is 6.38. The summed E-state index contributed by atoms with van der Waals surface area (Å²) in [7, 11) is -3.68. The zero-order valence-electron chi connectivity index (χ0n) is 11.2.